The smallest absolute Gasteiger partial charge is 0.142 e. The van der Waals surface area contributed by atoms with E-state index in [9.17, 15) is 4.55 Å². The topological polar surface area (TPSA) is 23.1 Å². The van der Waals surface area contributed by atoms with Gasteiger partial charge in [-0.1, -0.05) is 24.8 Å². The van der Waals surface area contributed by atoms with Gasteiger partial charge < -0.3 is 4.55 Å². The molecule has 0 aromatic carbocycles. The molecule has 0 aromatic rings. The minimum Gasteiger partial charge on any atom is -0.611 e. The molecule has 0 saturated carbocycles. The highest BCUT2D eigenvalue weighted by molar-refractivity contribution is 7.95. The lowest BCUT2D eigenvalue weighted by molar-refractivity contribution is 0.596. The van der Waals surface area contributed by atoms with Crippen LogP contribution in [0.4, 0.5) is 0 Å². The summed E-state index contributed by atoms with van der Waals surface area (Å²) in [5.74, 6) is 0. The Hall–Kier alpha value is -0.470. The SMILES string of the molecule is C=C[S+]([O-])C1C=CC=CC1. The fourth-order valence-electron chi connectivity index (χ4n) is 0.854. The molecule has 1 nitrogen and oxygen atoms in total. The molecule has 0 spiro atoms. The molecule has 0 saturated heterocycles. The van der Waals surface area contributed by atoms with Crippen molar-refractivity contribution < 1.29 is 4.55 Å². The van der Waals surface area contributed by atoms with Gasteiger partial charge in [-0.15, -0.1) is 0 Å². The lowest BCUT2D eigenvalue weighted by Crippen LogP contribution is -2.16. The van der Waals surface area contributed by atoms with Crippen LogP contribution in [0, 0.1) is 0 Å². The highest BCUT2D eigenvalue weighted by Crippen LogP contribution is 2.13. The van der Waals surface area contributed by atoms with Crippen LogP contribution < -0.4 is 0 Å². The first kappa shape index (κ1) is 7.63. The number of hydrogen-bond donors (Lipinski definition) is 0. The van der Waals surface area contributed by atoms with Crippen LogP contribution in [0.1, 0.15) is 6.42 Å². The molecule has 0 aromatic heterocycles. The predicted octanol–water partition coefficient (Wildman–Crippen LogP) is 1.76. The second-order valence-corrected chi connectivity index (χ2v) is 3.68. The van der Waals surface area contributed by atoms with Crippen LogP contribution in [0.2, 0.25) is 0 Å². The van der Waals surface area contributed by atoms with E-state index in [1.54, 1.807) is 0 Å². The summed E-state index contributed by atoms with van der Waals surface area (Å²) >= 11 is -0.888. The highest BCUT2D eigenvalue weighted by Gasteiger charge is 2.15. The minimum atomic E-state index is -0.888. The van der Waals surface area contributed by atoms with Gasteiger partial charge in [0.2, 0.25) is 0 Å². The second-order valence-electron chi connectivity index (χ2n) is 2.08. The van der Waals surface area contributed by atoms with Crippen LogP contribution in [0.25, 0.3) is 0 Å². The summed E-state index contributed by atoms with van der Waals surface area (Å²) in [5, 5.41) is 1.65. The van der Waals surface area contributed by atoms with Crippen LogP contribution in [0.3, 0.4) is 0 Å². The summed E-state index contributed by atoms with van der Waals surface area (Å²) in [7, 11) is 0. The van der Waals surface area contributed by atoms with E-state index in [-0.39, 0.29) is 5.25 Å². The lowest BCUT2D eigenvalue weighted by Gasteiger charge is -2.14. The molecule has 0 aliphatic heterocycles. The minimum absolute atomic E-state index is 0.155. The van der Waals surface area contributed by atoms with Crippen molar-refractivity contribution in [3.8, 4) is 0 Å². The van der Waals surface area contributed by atoms with Gasteiger partial charge in [-0.3, -0.25) is 0 Å². The molecule has 0 radical (unpaired) electrons. The molecule has 0 fully saturated rings. The second kappa shape index (κ2) is 3.64. The third-order valence-electron chi connectivity index (χ3n) is 1.40. The van der Waals surface area contributed by atoms with Crippen molar-refractivity contribution in [2.24, 2.45) is 0 Å². The zero-order valence-electron chi connectivity index (χ0n) is 5.69. The Bertz CT molecular complexity index is 172. The fourth-order valence-corrected chi connectivity index (χ4v) is 1.65. The van der Waals surface area contributed by atoms with Gasteiger partial charge in [-0.2, -0.15) is 0 Å². The Morgan fingerprint density at radius 1 is 1.60 bits per heavy atom. The van der Waals surface area contributed by atoms with Crippen LogP contribution in [-0.4, -0.2) is 9.80 Å². The van der Waals surface area contributed by atoms with E-state index in [2.05, 4.69) is 6.58 Å². The van der Waals surface area contributed by atoms with Crippen molar-refractivity contribution in [1.29, 1.82) is 0 Å². The van der Waals surface area contributed by atoms with Crippen molar-refractivity contribution in [3.05, 3.63) is 36.3 Å². The zero-order chi connectivity index (χ0) is 7.40. The van der Waals surface area contributed by atoms with Crippen molar-refractivity contribution >= 4 is 11.2 Å². The van der Waals surface area contributed by atoms with Crippen molar-refractivity contribution in [1.82, 2.24) is 0 Å². The largest absolute Gasteiger partial charge is 0.611 e. The molecule has 1 aliphatic rings. The third kappa shape index (κ3) is 1.75. The normalized spacial score (nSPS) is 26.3. The predicted molar refractivity (Wildman–Crippen MR) is 45.0 cm³/mol. The zero-order valence-corrected chi connectivity index (χ0v) is 6.51. The van der Waals surface area contributed by atoms with Gasteiger partial charge >= 0.3 is 0 Å². The Balaban J connectivity index is 2.50. The van der Waals surface area contributed by atoms with Gasteiger partial charge in [0.05, 0.1) is 0 Å². The molecule has 0 bridgehead atoms. The van der Waals surface area contributed by atoms with Crippen molar-refractivity contribution in [2.45, 2.75) is 11.7 Å². The summed E-state index contributed by atoms with van der Waals surface area (Å²) in [6.07, 6.45) is 8.74. The Morgan fingerprint density at radius 3 is 2.90 bits per heavy atom. The Kier molecular flexibility index (Phi) is 2.78. The van der Waals surface area contributed by atoms with E-state index in [0.29, 0.717) is 0 Å². The van der Waals surface area contributed by atoms with Gasteiger partial charge in [-0.25, -0.2) is 0 Å². The Morgan fingerprint density at radius 2 is 2.40 bits per heavy atom. The molecule has 1 aliphatic carbocycles. The van der Waals surface area contributed by atoms with E-state index < -0.39 is 11.2 Å². The van der Waals surface area contributed by atoms with E-state index >= 15 is 0 Å². The molecule has 2 unspecified atom stereocenters. The lowest BCUT2D eigenvalue weighted by atomic mass is 10.2. The summed E-state index contributed by atoms with van der Waals surface area (Å²) in [4.78, 5) is 0. The monoisotopic (exact) mass is 154 g/mol. The molecule has 2 atom stereocenters. The molecule has 1 rings (SSSR count). The molecular formula is C8H10OS. The maximum Gasteiger partial charge on any atom is 0.142 e. The van der Waals surface area contributed by atoms with Crippen LogP contribution >= 0.6 is 0 Å². The first-order valence-electron chi connectivity index (χ1n) is 3.20. The van der Waals surface area contributed by atoms with Gasteiger partial charge in [0.1, 0.15) is 10.7 Å². The fraction of sp³-hybridized carbons (Fsp3) is 0.250. The molecule has 0 N–H and O–H groups in total. The van der Waals surface area contributed by atoms with Gasteiger partial charge in [0.15, 0.2) is 0 Å². The van der Waals surface area contributed by atoms with Crippen molar-refractivity contribution in [3.63, 3.8) is 0 Å². The first-order valence-corrected chi connectivity index (χ1v) is 4.47. The van der Waals surface area contributed by atoms with E-state index in [4.69, 9.17) is 0 Å². The molecule has 10 heavy (non-hydrogen) atoms. The van der Waals surface area contributed by atoms with E-state index in [0.717, 1.165) is 6.42 Å². The van der Waals surface area contributed by atoms with E-state index in [1.165, 1.54) is 5.41 Å². The van der Waals surface area contributed by atoms with Crippen molar-refractivity contribution in [2.75, 3.05) is 0 Å². The maximum absolute atomic E-state index is 11.1. The molecule has 2 heteroatoms. The number of hydrogen-bond acceptors (Lipinski definition) is 1. The quantitative estimate of drug-likeness (QED) is 0.556. The van der Waals surface area contributed by atoms with Crippen LogP contribution in [0.15, 0.2) is 36.3 Å². The summed E-state index contributed by atoms with van der Waals surface area (Å²) in [6, 6.07) is 0. The third-order valence-corrected chi connectivity index (χ3v) is 2.68. The standard InChI is InChI=1S/C8H10OS/c1-2-10(9)8-6-4-3-5-7-8/h2-6,8H,1,7H2. The number of rotatable bonds is 2. The average molecular weight is 154 g/mol. The van der Waals surface area contributed by atoms with Crippen LogP contribution in [-0.2, 0) is 11.2 Å². The molecule has 0 heterocycles. The highest BCUT2D eigenvalue weighted by atomic mass is 32.2. The van der Waals surface area contributed by atoms with E-state index in [1.807, 2.05) is 24.3 Å². The van der Waals surface area contributed by atoms with Gasteiger partial charge in [0.25, 0.3) is 0 Å². The van der Waals surface area contributed by atoms with Gasteiger partial charge in [0, 0.05) is 6.42 Å². The summed E-state index contributed by atoms with van der Waals surface area (Å²) in [6.45, 7) is 3.48. The van der Waals surface area contributed by atoms with Gasteiger partial charge in [-0.05, 0) is 17.3 Å². The number of allylic oxidation sites excluding steroid dienone is 3. The molecular weight excluding hydrogens is 144 g/mol. The Labute approximate surface area is 64.3 Å². The average Bonchev–Trinajstić information content (AvgIpc) is 2.05. The first-order chi connectivity index (χ1) is 4.84. The molecule has 54 valence electrons. The maximum atomic E-state index is 11.1. The molecule has 0 amide bonds. The summed E-state index contributed by atoms with van der Waals surface area (Å²) < 4.78 is 11.1. The van der Waals surface area contributed by atoms with Crippen LogP contribution in [0.5, 0.6) is 0 Å². The summed E-state index contributed by atoms with van der Waals surface area (Å²) in [5.41, 5.74) is 0.